The lowest BCUT2D eigenvalue weighted by Gasteiger charge is -2.26. The molecule has 0 aliphatic carbocycles. The van der Waals surface area contributed by atoms with E-state index in [2.05, 4.69) is 47.5 Å². The Morgan fingerprint density at radius 2 is 1.89 bits per heavy atom. The van der Waals surface area contributed by atoms with Gasteiger partial charge in [0.2, 0.25) is 0 Å². The number of carbonyl (C=O) groups is 1. The SMILES string of the molecule is O=C(Nc1ccc2ccn(CCN3CCOCC3)c2c1)c1cccnc1Nc1ccc2cn[nH]c2c1.[HH]. The van der Waals surface area contributed by atoms with Crippen LogP contribution in [0.15, 0.2) is 73.2 Å². The van der Waals surface area contributed by atoms with E-state index < -0.39 is 0 Å². The number of H-pyrrole nitrogens is 1. The Morgan fingerprint density at radius 1 is 1.03 bits per heavy atom. The van der Waals surface area contributed by atoms with Crippen LogP contribution in [0.3, 0.4) is 0 Å². The molecule has 2 aromatic carbocycles. The monoisotopic (exact) mass is 483 g/mol. The van der Waals surface area contributed by atoms with Gasteiger partial charge in [0.1, 0.15) is 5.82 Å². The average molecular weight is 484 g/mol. The largest absolute Gasteiger partial charge is 0.379 e. The van der Waals surface area contributed by atoms with Crippen molar-refractivity contribution in [3.05, 3.63) is 78.8 Å². The third-order valence-electron chi connectivity index (χ3n) is 6.55. The van der Waals surface area contributed by atoms with Gasteiger partial charge in [-0.15, -0.1) is 0 Å². The Labute approximate surface area is 209 Å². The predicted octanol–water partition coefficient (Wildman–Crippen LogP) is 4.49. The smallest absolute Gasteiger partial charge is 0.259 e. The number of morpholine rings is 1. The minimum absolute atomic E-state index is 0. The fraction of sp³-hybridized carbons (Fsp3) is 0.222. The zero-order chi connectivity index (χ0) is 24.3. The predicted molar refractivity (Wildman–Crippen MR) is 143 cm³/mol. The number of carbonyl (C=O) groups excluding carboxylic acids is 1. The molecule has 0 atom stereocenters. The number of pyridine rings is 1. The van der Waals surface area contributed by atoms with Crippen molar-refractivity contribution >= 4 is 44.9 Å². The molecular weight excluding hydrogens is 454 g/mol. The quantitative estimate of drug-likeness (QED) is 0.316. The van der Waals surface area contributed by atoms with Crippen molar-refractivity contribution in [3.8, 4) is 0 Å². The van der Waals surface area contributed by atoms with Crippen LogP contribution in [-0.4, -0.2) is 63.4 Å². The van der Waals surface area contributed by atoms with Crippen molar-refractivity contribution in [1.29, 1.82) is 0 Å². The Kier molecular flexibility index (Phi) is 6.06. The molecule has 0 saturated carbocycles. The zero-order valence-electron chi connectivity index (χ0n) is 19.8. The third kappa shape index (κ3) is 4.66. The summed E-state index contributed by atoms with van der Waals surface area (Å²) in [4.78, 5) is 20.1. The van der Waals surface area contributed by atoms with Crippen LogP contribution in [0.1, 0.15) is 11.8 Å². The van der Waals surface area contributed by atoms with Gasteiger partial charge in [0.25, 0.3) is 5.91 Å². The lowest BCUT2D eigenvalue weighted by molar-refractivity contribution is 0.0365. The maximum absolute atomic E-state index is 13.3. The molecule has 6 rings (SSSR count). The van der Waals surface area contributed by atoms with E-state index in [1.54, 1.807) is 24.5 Å². The summed E-state index contributed by atoms with van der Waals surface area (Å²) >= 11 is 0. The highest BCUT2D eigenvalue weighted by Crippen LogP contribution is 2.24. The maximum atomic E-state index is 13.3. The van der Waals surface area contributed by atoms with Crippen LogP contribution in [0, 0.1) is 0 Å². The van der Waals surface area contributed by atoms with Crippen molar-refractivity contribution in [1.82, 2.24) is 24.6 Å². The van der Waals surface area contributed by atoms with Crippen molar-refractivity contribution in [2.45, 2.75) is 6.54 Å². The topological polar surface area (TPSA) is 100 Å². The Balaban J connectivity index is 0.00000280. The molecule has 36 heavy (non-hydrogen) atoms. The van der Waals surface area contributed by atoms with Crippen LogP contribution in [0.5, 0.6) is 0 Å². The molecule has 5 aromatic rings. The normalized spacial score (nSPS) is 14.3. The first-order chi connectivity index (χ1) is 17.7. The van der Waals surface area contributed by atoms with Gasteiger partial charge in [-0.25, -0.2) is 4.98 Å². The van der Waals surface area contributed by atoms with Crippen molar-refractivity contribution < 1.29 is 11.0 Å². The molecule has 184 valence electrons. The lowest BCUT2D eigenvalue weighted by atomic mass is 10.2. The molecule has 1 aliphatic heterocycles. The first-order valence-electron chi connectivity index (χ1n) is 12.1. The number of hydrogen-bond acceptors (Lipinski definition) is 6. The summed E-state index contributed by atoms with van der Waals surface area (Å²) in [6, 6.07) is 17.5. The maximum Gasteiger partial charge on any atom is 0.259 e. The minimum Gasteiger partial charge on any atom is -0.379 e. The van der Waals surface area contributed by atoms with Crippen LogP contribution in [0.2, 0.25) is 0 Å². The molecule has 1 fully saturated rings. The number of anilines is 3. The highest BCUT2D eigenvalue weighted by molar-refractivity contribution is 6.08. The van der Waals surface area contributed by atoms with Crippen molar-refractivity contribution in [2.75, 3.05) is 43.5 Å². The van der Waals surface area contributed by atoms with Gasteiger partial charge in [0.05, 0.1) is 36.0 Å². The fourth-order valence-corrected chi connectivity index (χ4v) is 4.57. The van der Waals surface area contributed by atoms with E-state index in [0.29, 0.717) is 11.4 Å². The zero-order valence-corrected chi connectivity index (χ0v) is 19.8. The number of nitrogens with one attached hydrogen (secondary N) is 3. The van der Waals surface area contributed by atoms with E-state index in [0.717, 1.165) is 72.6 Å². The molecule has 3 aromatic heterocycles. The Morgan fingerprint density at radius 3 is 2.81 bits per heavy atom. The van der Waals surface area contributed by atoms with Gasteiger partial charge in [0, 0.05) is 56.8 Å². The molecule has 3 N–H and O–H groups in total. The molecule has 1 saturated heterocycles. The van der Waals surface area contributed by atoms with E-state index in [4.69, 9.17) is 4.74 Å². The van der Waals surface area contributed by atoms with Gasteiger partial charge in [-0.05, 0) is 53.9 Å². The van der Waals surface area contributed by atoms with E-state index in [9.17, 15) is 4.79 Å². The second-order valence-corrected chi connectivity index (χ2v) is 8.89. The van der Waals surface area contributed by atoms with Gasteiger partial charge in [-0.2, -0.15) is 5.10 Å². The molecule has 0 spiro atoms. The van der Waals surface area contributed by atoms with Crippen LogP contribution in [-0.2, 0) is 11.3 Å². The summed E-state index contributed by atoms with van der Waals surface area (Å²) in [5.74, 6) is 0.267. The average Bonchev–Trinajstić information content (AvgIpc) is 3.55. The standard InChI is InChI=1S/C27H27N7O2.H2/c35-27(23-2-1-8-28-26(23)30-21-6-4-20-18-29-32-24(20)16-21)31-22-5-3-19-7-9-34(25(19)17-22)11-10-33-12-14-36-15-13-33;/h1-9,16-18H,10-15H2,(H,28,30)(H,29,32)(H,31,35);1H. The van der Waals surface area contributed by atoms with Gasteiger partial charge < -0.3 is 19.9 Å². The Bertz CT molecular complexity index is 1520. The van der Waals surface area contributed by atoms with E-state index in [-0.39, 0.29) is 7.33 Å². The summed E-state index contributed by atoms with van der Waals surface area (Å²) in [5.41, 5.74) is 4.03. The summed E-state index contributed by atoms with van der Waals surface area (Å²) < 4.78 is 7.69. The molecule has 9 nitrogen and oxygen atoms in total. The molecule has 1 aliphatic rings. The van der Waals surface area contributed by atoms with Crippen molar-refractivity contribution in [2.24, 2.45) is 0 Å². The molecule has 0 bridgehead atoms. The fourth-order valence-electron chi connectivity index (χ4n) is 4.57. The Hall–Kier alpha value is -4.21. The second-order valence-electron chi connectivity index (χ2n) is 8.89. The first kappa shape index (κ1) is 22.3. The molecule has 1 amide bonds. The highest BCUT2D eigenvalue weighted by Gasteiger charge is 2.15. The number of aromatic nitrogens is 4. The number of benzene rings is 2. The van der Waals surface area contributed by atoms with Crippen LogP contribution in [0.25, 0.3) is 21.8 Å². The molecular formula is C27H29N7O2. The number of nitrogens with zero attached hydrogens (tertiary/aromatic N) is 4. The number of hydrogen-bond donors (Lipinski definition) is 3. The number of fused-ring (bicyclic) bond motifs is 2. The number of ether oxygens (including phenoxy) is 1. The summed E-state index contributed by atoms with van der Waals surface area (Å²) in [5, 5.41) is 15.5. The molecule has 0 unspecified atom stereocenters. The van der Waals surface area contributed by atoms with Crippen LogP contribution < -0.4 is 10.6 Å². The number of rotatable bonds is 7. The summed E-state index contributed by atoms with van der Waals surface area (Å²) in [6.07, 6.45) is 5.55. The molecule has 0 radical (unpaired) electrons. The molecule has 4 heterocycles. The molecule has 9 heteroatoms. The van der Waals surface area contributed by atoms with Crippen LogP contribution in [0.4, 0.5) is 17.2 Å². The summed E-state index contributed by atoms with van der Waals surface area (Å²) in [6.45, 7) is 5.39. The third-order valence-corrected chi connectivity index (χ3v) is 6.55. The van der Waals surface area contributed by atoms with Gasteiger partial charge >= 0.3 is 0 Å². The van der Waals surface area contributed by atoms with Gasteiger partial charge in [0.15, 0.2) is 0 Å². The van der Waals surface area contributed by atoms with Crippen molar-refractivity contribution in [3.63, 3.8) is 0 Å². The second kappa shape index (κ2) is 9.80. The van der Waals surface area contributed by atoms with Gasteiger partial charge in [-0.3, -0.25) is 14.8 Å². The van der Waals surface area contributed by atoms with E-state index in [1.165, 1.54) is 0 Å². The number of aromatic amines is 1. The van der Waals surface area contributed by atoms with E-state index in [1.807, 2.05) is 36.4 Å². The summed E-state index contributed by atoms with van der Waals surface area (Å²) in [7, 11) is 0. The minimum atomic E-state index is -0.223. The first-order valence-corrected chi connectivity index (χ1v) is 12.1. The van der Waals surface area contributed by atoms with E-state index >= 15 is 0 Å². The lowest BCUT2D eigenvalue weighted by Crippen LogP contribution is -2.38. The van der Waals surface area contributed by atoms with Crippen LogP contribution >= 0.6 is 0 Å². The van der Waals surface area contributed by atoms with Gasteiger partial charge in [-0.1, -0.05) is 6.07 Å². The highest BCUT2D eigenvalue weighted by atomic mass is 16.5. The number of amides is 1.